The summed E-state index contributed by atoms with van der Waals surface area (Å²) in [7, 11) is 0. The molecule has 1 rings (SSSR count). The summed E-state index contributed by atoms with van der Waals surface area (Å²) in [5.41, 5.74) is 0. The van der Waals surface area contributed by atoms with E-state index in [9.17, 15) is 4.79 Å². The van der Waals surface area contributed by atoms with Gasteiger partial charge in [0.1, 0.15) is 5.82 Å². The van der Waals surface area contributed by atoms with Gasteiger partial charge in [0.15, 0.2) is 0 Å². The number of rotatable bonds is 1. The van der Waals surface area contributed by atoms with Crippen LogP contribution in [-0.4, -0.2) is 16.2 Å². The number of nitrogens with zero attached hydrogens (tertiary/aromatic N) is 1. The van der Waals surface area contributed by atoms with Gasteiger partial charge in [-0.25, -0.2) is 9.78 Å². The fourth-order valence-electron chi connectivity index (χ4n) is 0.579. The zero-order valence-corrected chi connectivity index (χ0v) is 7.00. The van der Waals surface area contributed by atoms with Gasteiger partial charge in [-0.15, -0.1) is 0 Å². The van der Waals surface area contributed by atoms with Crippen LogP contribution < -0.4 is 5.32 Å². The van der Waals surface area contributed by atoms with E-state index in [1.54, 1.807) is 12.1 Å². The first-order valence-corrected chi connectivity index (χ1v) is 3.60. The molecule has 0 aromatic carbocycles. The third-order valence-electron chi connectivity index (χ3n) is 0.984. The Morgan fingerprint density at radius 2 is 2.45 bits per heavy atom. The molecule has 0 saturated carbocycles. The first kappa shape index (κ1) is 8.00. The highest BCUT2D eigenvalue weighted by Gasteiger charge is 2.01. The molecule has 4 nitrogen and oxygen atoms in total. The Hall–Kier alpha value is -1.10. The van der Waals surface area contributed by atoms with E-state index in [1.807, 2.05) is 0 Å². The lowest BCUT2D eigenvalue weighted by Gasteiger charge is -1.99. The quantitative estimate of drug-likeness (QED) is 0.755. The molecule has 0 fully saturated rings. The maximum atomic E-state index is 10.1. The summed E-state index contributed by atoms with van der Waals surface area (Å²) in [6, 6.07) is 3.41. The maximum absolute atomic E-state index is 10.1. The molecule has 1 aromatic heterocycles. The van der Waals surface area contributed by atoms with Crippen LogP contribution in [0.25, 0.3) is 0 Å². The summed E-state index contributed by atoms with van der Waals surface area (Å²) in [4.78, 5) is 13.9. The highest BCUT2D eigenvalue weighted by molar-refractivity contribution is 9.10. The second kappa shape index (κ2) is 3.34. The van der Waals surface area contributed by atoms with E-state index in [-0.39, 0.29) is 0 Å². The van der Waals surface area contributed by atoms with Crippen molar-refractivity contribution in [1.29, 1.82) is 0 Å². The molecule has 0 aliphatic carbocycles. The van der Waals surface area contributed by atoms with E-state index < -0.39 is 6.09 Å². The topological polar surface area (TPSA) is 62.2 Å². The van der Waals surface area contributed by atoms with E-state index in [4.69, 9.17) is 5.11 Å². The minimum atomic E-state index is -1.12. The van der Waals surface area contributed by atoms with Crippen molar-refractivity contribution < 1.29 is 9.90 Å². The highest BCUT2D eigenvalue weighted by Crippen LogP contribution is 2.17. The Labute approximate surface area is 71.4 Å². The van der Waals surface area contributed by atoms with Crippen LogP contribution in [0.15, 0.2) is 22.8 Å². The Kier molecular flexibility index (Phi) is 2.43. The maximum Gasteiger partial charge on any atom is 0.410 e. The van der Waals surface area contributed by atoms with Crippen molar-refractivity contribution in [2.24, 2.45) is 0 Å². The SMILES string of the molecule is O=C(O)Nc1ncccc1Br. The number of pyridine rings is 1. The normalized spacial score (nSPS) is 9.18. The molecule has 0 radical (unpaired) electrons. The van der Waals surface area contributed by atoms with Crippen molar-refractivity contribution in [3.63, 3.8) is 0 Å². The van der Waals surface area contributed by atoms with Crippen LogP contribution in [0.2, 0.25) is 0 Å². The zero-order chi connectivity index (χ0) is 8.27. The van der Waals surface area contributed by atoms with Gasteiger partial charge < -0.3 is 5.11 Å². The number of hydrogen-bond donors (Lipinski definition) is 2. The van der Waals surface area contributed by atoms with Gasteiger partial charge in [0.2, 0.25) is 0 Å². The van der Waals surface area contributed by atoms with E-state index >= 15 is 0 Å². The fourth-order valence-corrected chi connectivity index (χ4v) is 0.933. The molecular formula is C6H5BrN2O2. The summed E-state index contributed by atoms with van der Waals surface area (Å²) in [5, 5.41) is 10.5. The van der Waals surface area contributed by atoms with Crippen LogP contribution in [0.4, 0.5) is 10.6 Å². The summed E-state index contributed by atoms with van der Waals surface area (Å²) in [5.74, 6) is 0.306. The molecule has 1 amide bonds. The average molecular weight is 217 g/mol. The summed E-state index contributed by atoms with van der Waals surface area (Å²) in [6.07, 6.45) is 0.389. The van der Waals surface area contributed by atoms with Crippen LogP contribution in [0.1, 0.15) is 0 Å². The number of aromatic nitrogens is 1. The van der Waals surface area contributed by atoms with E-state index in [2.05, 4.69) is 26.2 Å². The van der Waals surface area contributed by atoms with Gasteiger partial charge in [0.05, 0.1) is 4.47 Å². The minimum Gasteiger partial charge on any atom is -0.465 e. The number of hydrogen-bond acceptors (Lipinski definition) is 2. The van der Waals surface area contributed by atoms with Crippen LogP contribution in [0.3, 0.4) is 0 Å². The summed E-state index contributed by atoms with van der Waals surface area (Å²) < 4.78 is 0.627. The van der Waals surface area contributed by atoms with Crippen molar-refractivity contribution in [3.05, 3.63) is 22.8 Å². The molecule has 0 spiro atoms. The third kappa shape index (κ3) is 2.19. The van der Waals surface area contributed by atoms with Crippen LogP contribution in [0, 0.1) is 0 Å². The minimum absolute atomic E-state index is 0.306. The number of carbonyl (C=O) groups is 1. The molecule has 0 atom stereocenters. The smallest absolute Gasteiger partial charge is 0.410 e. The molecule has 0 unspecified atom stereocenters. The predicted octanol–water partition coefficient (Wildman–Crippen LogP) is 1.93. The first-order chi connectivity index (χ1) is 5.20. The van der Waals surface area contributed by atoms with Gasteiger partial charge in [0, 0.05) is 6.20 Å². The molecule has 1 aromatic rings. The molecule has 0 aliphatic rings. The molecule has 0 aliphatic heterocycles. The van der Waals surface area contributed by atoms with Crippen molar-refractivity contribution in [2.75, 3.05) is 5.32 Å². The standard InChI is InChI=1S/C6H5BrN2O2/c7-4-2-1-3-8-5(4)9-6(10)11/h1-3H,(H,8,9)(H,10,11). The molecular weight excluding hydrogens is 212 g/mol. The zero-order valence-electron chi connectivity index (χ0n) is 5.41. The highest BCUT2D eigenvalue weighted by atomic mass is 79.9. The van der Waals surface area contributed by atoms with Gasteiger partial charge >= 0.3 is 6.09 Å². The molecule has 11 heavy (non-hydrogen) atoms. The van der Waals surface area contributed by atoms with E-state index in [1.165, 1.54) is 6.20 Å². The second-order valence-corrected chi connectivity index (χ2v) is 2.62. The van der Waals surface area contributed by atoms with E-state index in [0.29, 0.717) is 10.3 Å². The monoisotopic (exact) mass is 216 g/mol. The molecule has 2 N–H and O–H groups in total. The molecule has 0 bridgehead atoms. The molecule has 0 saturated heterocycles. The van der Waals surface area contributed by atoms with Crippen LogP contribution in [-0.2, 0) is 0 Å². The van der Waals surface area contributed by atoms with Crippen LogP contribution >= 0.6 is 15.9 Å². The first-order valence-electron chi connectivity index (χ1n) is 2.80. The van der Waals surface area contributed by atoms with Crippen molar-refractivity contribution in [1.82, 2.24) is 4.98 Å². The Balaban J connectivity index is 2.86. The van der Waals surface area contributed by atoms with Gasteiger partial charge in [-0.05, 0) is 28.1 Å². The number of anilines is 1. The summed E-state index contributed by atoms with van der Waals surface area (Å²) in [6.45, 7) is 0. The number of nitrogens with one attached hydrogen (secondary N) is 1. The molecule has 1 heterocycles. The van der Waals surface area contributed by atoms with Gasteiger partial charge in [-0.1, -0.05) is 0 Å². The lowest BCUT2D eigenvalue weighted by Crippen LogP contribution is -2.08. The average Bonchev–Trinajstić information content (AvgIpc) is 1.93. The number of amides is 1. The van der Waals surface area contributed by atoms with Crippen LogP contribution in [0.5, 0.6) is 0 Å². The molecule has 5 heteroatoms. The predicted molar refractivity (Wildman–Crippen MR) is 43.6 cm³/mol. The van der Waals surface area contributed by atoms with Crippen molar-refractivity contribution >= 4 is 27.8 Å². The van der Waals surface area contributed by atoms with Gasteiger partial charge in [-0.2, -0.15) is 0 Å². The van der Waals surface area contributed by atoms with Crippen molar-refractivity contribution in [2.45, 2.75) is 0 Å². The number of halogens is 1. The lowest BCUT2D eigenvalue weighted by molar-refractivity contribution is 0.209. The van der Waals surface area contributed by atoms with Gasteiger partial charge in [0.25, 0.3) is 0 Å². The lowest BCUT2D eigenvalue weighted by atomic mass is 10.5. The van der Waals surface area contributed by atoms with Crippen molar-refractivity contribution in [3.8, 4) is 0 Å². The Morgan fingerprint density at radius 3 is 3.00 bits per heavy atom. The summed E-state index contributed by atoms with van der Waals surface area (Å²) >= 11 is 3.14. The van der Waals surface area contributed by atoms with E-state index in [0.717, 1.165) is 0 Å². The molecule has 58 valence electrons. The fraction of sp³-hybridized carbons (Fsp3) is 0. The van der Waals surface area contributed by atoms with Gasteiger partial charge in [-0.3, -0.25) is 5.32 Å². The third-order valence-corrected chi connectivity index (χ3v) is 1.62. The second-order valence-electron chi connectivity index (χ2n) is 1.76. The largest absolute Gasteiger partial charge is 0.465 e. The Bertz CT molecular complexity index is 277. The Morgan fingerprint density at radius 1 is 1.73 bits per heavy atom. The number of carboxylic acid groups (broad SMARTS) is 1.